The number of rotatable bonds is 6. The van der Waals surface area contributed by atoms with E-state index < -0.39 is 18.2 Å². The maximum Gasteiger partial charge on any atom is 0.392 e. The summed E-state index contributed by atoms with van der Waals surface area (Å²) in [5.74, 6) is 2.17. The molecule has 10 atom stereocenters. The summed E-state index contributed by atoms with van der Waals surface area (Å²) in [6.45, 7) is 13.8. The third kappa shape index (κ3) is 7.30. The maximum atomic E-state index is 14.4. The lowest BCUT2D eigenvalue weighted by molar-refractivity contribution is -0.201. The van der Waals surface area contributed by atoms with Crippen LogP contribution in [0, 0.1) is 59.2 Å². The summed E-state index contributed by atoms with van der Waals surface area (Å²) in [5.41, 5.74) is 2.42. The number of fused-ring (bicyclic) bond motifs is 1. The van der Waals surface area contributed by atoms with Crippen molar-refractivity contribution in [3.05, 3.63) is 23.8 Å². The van der Waals surface area contributed by atoms with E-state index in [0.717, 1.165) is 57.5 Å². The highest BCUT2D eigenvalue weighted by molar-refractivity contribution is 5.19. The molecule has 4 fully saturated rings. The molecule has 0 spiro atoms. The quantitative estimate of drug-likeness (QED) is 0.318. The Morgan fingerprint density at radius 1 is 0.927 bits per heavy atom. The van der Waals surface area contributed by atoms with Crippen molar-refractivity contribution in [2.75, 3.05) is 19.6 Å². The van der Waals surface area contributed by atoms with E-state index in [-0.39, 0.29) is 24.2 Å². The Labute approximate surface area is 248 Å². The first kappa shape index (κ1) is 31.6. The number of piperidine rings is 1. The first-order valence-corrected chi connectivity index (χ1v) is 17.4. The van der Waals surface area contributed by atoms with Gasteiger partial charge in [0.1, 0.15) is 0 Å². The Kier molecular flexibility index (Phi) is 10.4. The Bertz CT molecular complexity index is 905. The number of halogens is 3. The van der Waals surface area contributed by atoms with Crippen LogP contribution < -0.4 is 0 Å². The van der Waals surface area contributed by atoms with Crippen molar-refractivity contribution >= 4 is 0 Å². The number of likely N-dealkylation sites (tertiary alicyclic amines) is 1. The maximum absolute atomic E-state index is 14.4. The van der Waals surface area contributed by atoms with Gasteiger partial charge in [0.15, 0.2) is 0 Å². The molecule has 1 saturated heterocycles. The number of alkyl halides is 3. The molecule has 0 aromatic heterocycles. The van der Waals surface area contributed by atoms with Gasteiger partial charge < -0.3 is 10.0 Å². The molecule has 1 N–H and O–H groups in total. The zero-order valence-corrected chi connectivity index (χ0v) is 26.2. The van der Waals surface area contributed by atoms with Gasteiger partial charge in [0.05, 0.1) is 12.0 Å². The molecule has 3 saturated carbocycles. The van der Waals surface area contributed by atoms with Crippen LogP contribution in [0.1, 0.15) is 111 Å². The zero-order valence-electron chi connectivity index (χ0n) is 26.2. The topological polar surface area (TPSA) is 23.5 Å². The number of aliphatic hydroxyl groups excluding tert-OH is 1. The molecular formula is C36H58F3NO. The fourth-order valence-corrected chi connectivity index (χ4v) is 9.99. The van der Waals surface area contributed by atoms with E-state index in [2.05, 4.69) is 38.3 Å². The predicted molar refractivity (Wildman–Crippen MR) is 162 cm³/mol. The minimum atomic E-state index is -4.19. The molecule has 1 heterocycles. The molecule has 5 aliphatic rings. The fourth-order valence-electron chi connectivity index (χ4n) is 9.99. The van der Waals surface area contributed by atoms with E-state index in [4.69, 9.17) is 0 Å². The average Bonchev–Trinajstić information content (AvgIpc) is 3.19. The van der Waals surface area contributed by atoms with Crippen molar-refractivity contribution < 1.29 is 18.3 Å². The minimum absolute atomic E-state index is 0.106. The van der Waals surface area contributed by atoms with Crippen LogP contribution in [-0.2, 0) is 0 Å². The molecular weight excluding hydrogens is 519 g/mol. The Morgan fingerprint density at radius 2 is 1.66 bits per heavy atom. The summed E-state index contributed by atoms with van der Waals surface area (Å²) < 4.78 is 43.2. The Morgan fingerprint density at radius 3 is 2.39 bits per heavy atom. The van der Waals surface area contributed by atoms with Crippen molar-refractivity contribution in [3.8, 4) is 0 Å². The summed E-state index contributed by atoms with van der Waals surface area (Å²) in [6, 6.07) is 0. The molecule has 41 heavy (non-hydrogen) atoms. The normalized spacial score (nSPS) is 40.8. The number of aliphatic hydroxyl groups is 1. The molecule has 5 rings (SSSR count). The Balaban J connectivity index is 1.24. The monoisotopic (exact) mass is 577 g/mol. The highest BCUT2D eigenvalue weighted by Crippen LogP contribution is 2.53. The fraction of sp³-hybridized carbons (Fsp3) is 0.889. The van der Waals surface area contributed by atoms with Gasteiger partial charge in [0, 0.05) is 6.54 Å². The van der Waals surface area contributed by atoms with E-state index in [9.17, 15) is 18.3 Å². The summed E-state index contributed by atoms with van der Waals surface area (Å²) in [7, 11) is 0. The molecule has 2 nitrogen and oxygen atoms in total. The molecule has 1 aliphatic heterocycles. The number of hydrogen-bond donors (Lipinski definition) is 1. The summed E-state index contributed by atoms with van der Waals surface area (Å²) in [5, 5.41) is 11.7. The number of hydrogen-bond acceptors (Lipinski definition) is 2. The second kappa shape index (κ2) is 13.4. The van der Waals surface area contributed by atoms with E-state index >= 15 is 0 Å². The van der Waals surface area contributed by atoms with Crippen LogP contribution in [0.2, 0.25) is 0 Å². The highest BCUT2D eigenvalue weighted by atomic mass is 19.4. The largest absolute Gasteiger partial charge is 0.392 e. The molecule has 0 amide bonds. The second-order valence-electron chi connectivity index (χ2n) is 15.4. The van der Waals surface area contributed by atoms with Crippen LogP contribution in [0.25, 0.3) is 0 Å². The lowest BCUT2D eigenvalue weighted by Gasteiger charge is -2.48. The third-order valence-corrected chi connectivity index (χ3v) is 12.7. The zero-order chi connectivity index (χ0) is 29.3. The third-order valence-electron chi connectivity index (χ3n) is 12.7. The van der Waals surface area contributed by atoms with Crippen LogP contribution >= 0.6 is 0 Å². The molecule has 0 aromatic carbocycles. The van der Waals surface area contributed by atoms with Crippen molar-refractivity contribution in [1.29, 1.82) is 0 Å². The smallest absolute Gasteiger partial charge is 0.388 e. The Hall–Kier alpha value is -0.810. The lowest BCUT2D eigenvalue weighted by Crippen LogP contribution is -2.45. The van der Waals surface area contributed by atoms with Gasteiger partial charge in [-0.3, -0.25) is 0 Å². The SMILES string of the molecule is C=C(C1CCC(CN2CCC(C)CC2)C(C(F)(F)F)C1)C(O)C1CCC(C)C(C2C3=CCCCCC3CCC2C)C1. The molecule has 0 bridgehead atoms. The van der Waals surface area contributed by atoms with Gasteiger partial charge >= 0.3 is 6.18 Å². The highest BCUT2D eigenvalue weighted by Gasteiger charge is 2.49. The standard InChI is InChI=1S/C36H58F3NO/c1-23-16-18-40(19-17-23)22-30-15-14-28(21-33(30)36(37,38)39)26(4)35(41)29-13-10-24(2)32(20-29)34-25(3)11-12-27-8-6-5-7-9-31(27)34/h9,23-25,27-30,32-35,41H,4-8,10-22H2,1-3H3. The second-order valence-corrected chi connectivity index (χ2v) is 15.4. The first-order valence-electron chi connectivity index (χ1n) is 17.4. The van der Waals surface area contributed by atoms with Gasteiger partial charge in [-0.2, -0.15) is 13.2 Å². The summed E-state index contributed by atoms with van der Waals surface area (Å²) in [6.07, 6.45) is 12.2. The van der Waals surface area contributed by atoms with Gasteiger partial charge in [-0.15, -0.1) is 0 Å². The predicted octanol–water partition coefficient (Wildman–Crippen LogP) is 9.45. The van der Waals surface area contributed by atoms with Crippen molar-refractivity contribution in [3.63, 3.8) is 0 Å². The molecule has 0 aromatic rings. The molecule has 234 valence electrons. The first-order chi connectivity index (χ1) is 19.5. The van der Waals surface area contributed by atoms with Crippen LogP contribution in [0.3, 0.4) is 0 Å². The molecule has 4 aliphatic carbocycles. The minimum Gasteiger partial charge on any atom is -0.388 e. The van der Waals surface area contributed by atoms with Gasteiger partial charge in [-0.1, -0.05) is 51.8 Å². The number of allylic oxidation sites excluding steroid dienone is 2. The average molecular weight is 578 g/mol. The van der Waals surface area contributed by atoms with Crippen molar-refractivity contribution in [2.45, 2.75) is 123 Å². The van der Waals surface area contributed by atoms with E-state index in [1.165, 1.54) is 38.5 Å². The van der Waals surface area contributed by atoms with Gasteiger partial charge in [0.2, 0.25) is 0 Å². The van der Waals surface area contributed by atoms with Crippen LogP contribution in [-0.4, -0.2) is 41.9 Å². The van der Waals surface area contributed by atoms with E-state index in [1.54, 1.807) is 5.57 Å². The summed E-state index contributed by atoms with van der Waals surface area (Å²) >= 11 is 0. The van der Waals surface area contributed by atoms with Crippen LogP contribution in [0.5, 0.6) is 0 Å². The van der Waals surface area contributed by atoms with E-state index in [0.29, 0.717) is 48.1 Å². The van der Waals surface area contributed by atoms with E-state index in [1.807, 2.05) is 0 Å². The number of nitrogens with zero attached hydrogens (tertiary/aromatic N) is 1. The molecule has 5 heteroatoms. The van der Waals surface area contributed by atoms with Gasteiger partial charge in [0.25, 0.3) is 0 Å². The van der Waals surface area contributed by atoms with Crippen LogP contribution in [0.4, 0.5) is 13.2 Å². The van der Waals surface area contributed by atoms with Crippen molar-refractivity contribution in [2.24, 2.45) is 59.2 Å². The molecule has 10 unspecified atom stereocenters. The van der Waals surface area contributed by atoms with Crippen LogP contribution in [0.15, 0.2) is 23.8 Å². The lowest BCUT2D eigenvalue weighted by atomic mass is 9.58. The van der Waals surface area contributed by atoms with Crippen molar-refractivity contribution in [1.82, 2.24) is 4.90 Å². The van der Waals surface area contributed by atoms with Gasteiger partial charge in [-0.25, -0.2) is 0 Å². The van der Waals surface area contributed by atoms with Gasteiger partial charge in [-0.05, 0) is 149 Å². The molecule has 0 radical (unpaired) electrons. The summed E-state index contributed by atoms with van der Waals surface area (Å²) in [4.78, 5) is 2.28.